The van der Waals surface area contributed by atoms with Crippen LogP contribution < -0.4 is 10.4 Å². The van der Waals surface area contributed by atoms with Crippen LogP contribution in [0.2, 0.25) is 5.04 Å². The molecule has 3 aromatic carbocycles. The average molecular weight is 537 g/mol. The number of hydrogen-bond acceptors (Lipinski definition) is 4. The molecule has 0 aliphatic carbocycles. The molecule has 38 heavy (non-hydrogen) atoms. The van der Waals surface area contributed by atoms with Crippen LogP contribution >= 0.6 is 0 Å². The van der Waals surface area contributed by atoms with Crippen molar-refractivity contribution in [1.29, 1.82) is 0 Å². The van der Waals surface area contributed by atoms with Crippen LogP contribution in [0.25, 0.3) is 0 Å². The van der Waals surface area contributed by atoms with Gasteiger partial charge in [0.2, 0.25) is 0 Å². The number of carbonyl (C=O) groups is 2. The maximum absolute atomic E-state index is 12.9. The van der Waals surface area contributed by atoms with Gasteiger partial charge in [0.05, 0.1) is 23.2 Å². The summed E-state index contributed by atoms with van der Waals surface area (Å²) in [5.41, 5.74) is -1.45. The smallest absolute Gasteiger partial charge is 0.339 e. The fourth-order valence-corrected chi connectivity index (χ4v) is 9.56. The predicted octanol–water partition coefficient (Wildman–Crippen LogP) is 6.31. The summed E-state index contributed by atoms with van der Waals surface area (Å²) in [4.78, 5) is 24.7. The summed E-state index contributed by atoms with van der Waals surface area (Å²) in [6.45, 7) is 10.7. The Balaban J connectivity index is 1.78. The van der Waals surface area contributed by atoms with E-state index in [0.29, 0.717) is 19.3 Å². The van der Waals surface area contributed by atoms with Crippen LogP contribution in [0, 0.1) is 5.92 Å². The van der Waals surface area contributed by atoms with Crippen molar-refractivity contribution < 1.29 is 29.3 Å². The van der Waals surface area contributed by atoms with E-state index in [0.717, 1.165) is 0 Å². The summed E-state index contributed by atoms with van der Waals surface area (Å²) >= 11 is 0. The molecule has 0 aliphatic rings. The van der Waals surface area contributed by atoms with Crippen molar-refractivity contribution in [1.82, 2.24) is 0 Å². The van der Waals surface area contributed by atoms with Gasteiger partial charge < -0.3 is 14.3 Å². The van der Waals surface area contributed by atoms with Gasteiger partial charge >= 0.3 is 11.9 Å². The number of carboxylic acid groups (broad SMARTS) is 1. The molecule has 0 amide bonds. The Kier molecular flexibility index (Phi) is 8.18. The molecule has 1 N–H and O–H groups in total. The molecule has 0 bridgehead atoms. The number of esters is 1. The van der Waals surface area contributed by atoms with Crippen LogP contribution in [0.1, 0.15) is 80.1 Å². The Morgan fingerprint density at radius 2 is 1.45 bits per heavy atom. The first kappa shape index (κ1) is 23.9. The third-order valence-electron chi connectivity index (χ3n) is 6.91. The summed E-state index contributed by atoms with van der Waals surface area (Å²) < 4.78 is 44.2. The molecule has 202 valence electrons. The lowest BCUT2D eigenvalue weighted by atomic mass is 9.99. The molecule has 6 heteroatoms. The van der Waals surface area contributed by atoms with Gasteiger partial charge in [-0.25, -0.2) is 9.59 Å². The van der Waals surface area contributed by atoms with Crippen molar-refractivity contribution in [3.63, 3.8) is 0 Å². The van der Waals surface area contributed by atoms with Gasteiger partial charge in [-0.3, -0.25) is 0 Å². The van der Waals surface area contributed by atoms with Gasteiger partial charge in [0.25, 0.3) is 8.32 Å². The molecule has 0 aliphatic heterocycles. The summed E-state index contributed by atoms with van der Waals surface area (Å²) in [6, 6.07) is 17.9. The zero-order chi connectivity index (χ0) is 31.2. The van der Waals surface area contributed by atoms with Gasteiger partial charge in [-0.15, -0.1) is 0 Å². The van der Waals surface area contributed by atoms with Crippen molar-refractivity contribution in [2.24, 2.45) is 5.92 Å². The molecule has 0 heterocycles. The Labute approximate surface area is 233 Å². The maximum Gasteiger partial charge on any atom is 0.339 e. The first-order valence-electron chi connectivity index (χ1n) is 15.1. The molecule has 0 spiro atoms. The highest BCUT2D eigenvalue weighted by molar-refractivity contribution is 6.99. The predicted molar refractivity (Wildman–Crippen MR) is 155 cm³/mol. The van der Waals surface area contributed by atoms with Crippen molar-refractivity contribution in [2.45, 2.75) is 65.0 Å². The van der Waals surface area contributed by atoms with Crippen LogP contribution in [0.3, 0.4) is 0 Å². The Morgan fingerprint density at radius 1 is 0.921 bits per heavy atom. The first-order valence-corrected chi connectivity index (χ1v) is 15.0. The summed E-state index contributed by atoms with van der Waals surface area (Å²) in [6.07, 6.45) is 1.96. The normalized spacial score (nSPS) is 15.0. The second-order valence-electron chi connectivity index (χ2n) is 10.6. The Morgan fingerprint density at radius 3 is 1.92 bits per heavy atom. The first-order chi connectivity index (χ1) is 19.8. The number of hydrogen-bond donors (Lipinski definition) is 1. The van der Waals surface area contributed by atoms with Crippen molar-refractivity contribution in [2.75, 3.05) is 6.61 Å². The second kappa shape index (κ2) is 13.0. The van der Waals surface area contributed by atoms with E-state index in [1.807, 2.05) is 43.3 Å². The average Bonchev–Trinajstić information content (AvgIpc) is 2.96. The van der Waals surface area contributed by atoms with Gasteiger partial charge in [0.1, 0.15) is 0 Å². The molecule has 0 saturated heterocycles. The molecule has 3 rings (SSSR count). The van der Waals surface area contributed by atoms with E-state index in [1.165, 1.54) is 10.4 Å². The molecule has 0 fully saturated rings. The lowest BCUT2D eigenvalue weighted by Gasteiger charge is -2.44. The Hall–Kier alpha value is -3.22. The molecule has 2 atom stereocenters. The van der Waals surface area contributed by atoms with Crippen LogP contribution in [0.5, 0.6) is 0 Å². The highest BCUT2D eigenvalue weighted by Crippen LogP contribution is 2.38. The summed E-state index contributed by atoms with van der Waals surface area (Å²) in [7, 11) is -2.73. The number of carboxylic acids is 1. The van der Waals surface area contributed by atoms with Crippen LogP contribution in [-0.2, 0) is 9.16 Å². The third-order valence-corrected chi connectivity index (χ3v) is 12.1. The number of ether oxygens (including phenoxy) is 1. The van der Waals surface area contributed by atoms with Crippen molar-refractivity contribution in [3.8, 4) is 0 Å². The quantitative estimate of drug-likeness (QED) is 0.217. The number of aromatic carboxylic acids is 1. The molecule has 0 aromatic heterocycles. The lowest BCUT2D eigenvalue weighted by molar-refractivity contribution is 0.0412. The molecule has 5 nitrogen and oxygen atoms in total. The van der Waals surface area contributed by atoms with Gasteiger partial charge in [-0.05, 0) is 53.2 Å². The van der Waals surface area contributed by atoms with E-state index in [4.69, 9.17) is 14.6 Å². The molecular weight excluding hydrogens is 492 g/mol. The van der Waals surface area contributed by atoms with Crippen molar-refractivity contribution >= 4 is 30.6 Å². The molecule has 2 unspecified atom stereocenters. The SMILES string of the molecule is [2H]c1c([2H])c([2H])c(C(=O)OCC(CC)CCC(C)O[Si](c2ccccc2)(c2ccccc2)C(C)(C)C)c(C(=O)O)c1[2H]. The van der Waals surface area contributed by atoms with Gasteiger partial charge in [-0.1, -0.05) is 107 Å². The minimum Gasteiger partial charge on any atom is -0.478 e. The highest BCUT2D eigenvalue weighted by atomic mass is 28.4. The maximum atomic E-state index is 12.9. The minimum absolute atomic E-state index is 0.0109. The largest absolute Gasteiger partial charge is 0.478 e. The number of benzene rings is 3. The fraction of sp³-hybridized carbons (Fsp3) is 0.375. The minimum atomic E-state index is -2.73. The third kappa shape index (κ3) is 6.80. The molecule has 3 aromatic rings. The van der Waals surface area contributed by atoms with Crippen LogP contribution in [-0.4, -0.2) is 38.1 Å². The van der Waals surface area contributed by atoms with E-state index in [2.05, 4.69) is 52.0 Å². The Bertz CT molecular complexity index is 1350. The number of carbonyl (C=O) groups excluding carboxylic acids is 1. The van der Waals surface area contributed by atoms with E-state index in [-0.39, 0.29) is 23.7 Å². The van der Waals surface area contributed by atoms with E-state index in [1.54, 1.807) is 0 Å². The molecular formula is C32H40O5Si. The summed E-state index contributed by atoms with van der Waals surface area (Å²) in [5, 5.41) is 11.8. The lowest BCUT2D eigenvalue weighted by Crippen LogP contribution is -2.67. The van der Waals surface area contributed by atoms with Gasteiger partial charge in [0, 0.05) is 6.10 Å². The van der Waals surface area contributed by atoms with E-state index in [9.17, 15) is 14.7 Å². The van der Waals surface area contributed by atoms with Crippen LogP contribution in [0.4, 0.5) is 0 Å². The number of rotatable bonds is 12. The highest BCUT2D eigenvalue weighted by Gasteiger charge is 2.50. The fourth-order valence-electron chi connectivity index (χ4n) is 4.82. The van der Waals surface area contributed by atoms with Crippen LogP contribution in [0.15, 0.2) is 84.8 Å². The van der Waals surface area contributed by atoms with Crippen molar-refractivity contribution in [3.05, 3.63) is 96.0 Å². The standard InChI is InChI=1S/C32H40O5Si/c1-6-25(23-36-31(35)29-20-14-13-19-28(29)30(33)34)22-21-24(2)37-38(32(3,4)5,26-15-9-7-10-16-26)27-17-11-8-12-18-27/h7-20,24-25H,6,21-23H2,1-5H3,(H,33,34)/i13D,14D,19D,20D. The zero-order valence-electron chi connectivity index (χ0n) is 26.8. The van der Waals surface area contributed by atoms with E-state index < -0.39 is 55.6 Å². The van der Waals surface area contributed by atoms with Gasteiger partial charge in [0.15, 0.2) is 0 Å². The van der Waals surface area contributed by atoms with Gasteiger partial charge in [-0.2, -0.15) is 0 Å². The van der Waals surface area contributed by atoms with E-state index >= 15 is 0 Å². The molecule has 0 saturated carbocycles. The monoisotopic (exact) mass is 536 g/mol. The molecule has 0 radical (unpaired) electrons. The zero-order valence-corrected chi connectivity index (χ0v) is 23.8. The summed E-state index contributed by atoms with van der Waals surface area (Å²) in [5.74, 6) is -2.74. The second-order valence-corrected chi connectivity index (χ2v) is 14.8. The topological polar surface area (TPSA) is 72.8 Å².